The van der Waals surface area contributed by atoms with E-state index in [-0.39, 0.29) is 23.0 Å². The quantitative estimate of drug-likeness (QED) is 0.693. The zero-order chi connectivity index (χ0) is 15.4. The van der Waals surface area contributed by atoms with Gasteiger partial charge in [-0.15, -0.1) is 0 Å². The fourth-order valence-corrected chi connectivity index (χ4v) is 1.88. The Morgan fingerprint density at radius 1 is 1.24 bits per heavy atom. The summed E-state index contributed by atoms with van der Waals surface area (Å²) in [6, 6.07) is 9.54. The third-order valence-corrected chi connectivity index (χ3v) is 3.00. The Kier molecular flexibility index (Phi) is 4.49. The molecule has 2 aromatic rings. The highest BCUT2D eigenvalue weighted by Crippen LogP contribution is 2.19. The number of carbonyl (C=O) groups is 1. The molecule has 0 aromatic heterocycles. The molecule has 0 spiro atoms. The molecule has 0 fully saturated rings. The lowest BCUT2D eigenvalue weighted by atomic mass is 10.1. The van der Waals surface area contributed by atoms with Crippen molar-refractivity contribution in [2.24, 2.45) is 0 Å². The normalized spacial score (nSPS) is 10.2. The van der Waals surface area contributed by atoms with Crippen molar-refractivity contribution in [2.75, 3.05) is 5.32 Å². The number of amides is 1. The Balaban J connectivity index is 2.01. The van der Waals surface area contributed by atoms with Gasteiger partial charge in [0.25, 0.3) is 5.69 Å². The summed E-state index contributed by atoms with van der Waals surface area (Å²) in [7, 11) is 0. The van der Waals surface area contributed by atoms with Crippen LogP contribution in [0.25, 0.3) is 0 Å². The molecule has 0 saturated carbocycles. The highest BCUT2D eigenvalue weighted by molar-refractivity contribution is 6.31. The van der Waals surface area contributed by atoms with Crippen LogP contribution in [0.1, 0.15) is 5.56 Å². The molecule has 0 unspecified atom stereocenters. The van der Waals surface area contributed by atoms with Gasteiger partial charge in [0.05, 0.1) is 16.4 Å². The fourth-order valence-electron chi connectivity index (χ4n) is 1.70. The van der Waals surface area contributed by atoms with Gasteiger partial charge < -0.3 is 5.32 Å². The predicted octanol–water partition coefficient (Wildman–Crippen LogP) is 3.57. The molecule has 108 valence electrons. The molecule has 0 radical (unpaired) electrons. The van der Waals surface area contributed by atoms with Gasteiger partial charge in [0.1, 0.15) is 5.82 Å². The van der Waals surface area contributed by atoms with Crippen molar-refractivity contribution in [3.8, 4) is 0 Å². The van der Waals surface area contributed by atoms with Crippen molar-refractivity contribution in [1.29, 1.82) is 0 Å². The van der Waals surface area contributed by atoms with E-state index in [1.165, 1.54) is 36.4 Å². The van der Waals surface area contributed by atoms with E-state index in [1.807, 2.05) is 0 Å². The van der Waals surface area contributed by atoms with Gasteiger partial charge in [0.2, 0.25) is 5.91 Å². The van der Waals surface area contributed by atoms with Gasteiger partial charge in [0.15, 0.2) is 0 Å². The van der Waals surface area contributed by atoms with Crippen molar-refractivity contribution < 1.29 is 14.1 Å². The second-order valence-corrected chi connectivity index (χ2v) is 4.68. The number of nitrogens with one attached hydrogen (secondary N) is 1. The summed E-state index contributed by atoms with van der Waals surface area (Å²) in [4.78, 5) is 21.8. The van der Waals surface area contributed by atoms with Gasteiger partial charge in [-0.3, -0.25) is 14.9 Å². The Bertz CT molecular complexity index is 689. The maximum Gasteiger partial charge on any atom is 0.269 e. The zero-order valence-electron chi connectivity index (χ0n) is 10.7. The van der Waals surface area contributed by atoms with Crippen LogP contribution in [0.5, 0.6) is 0 Å². The average molecular weight is 309 g/mol. The highest BCUT2D eigenvalue weighted by atomic mass is 35.5. The number of non-ortho nitro benzene ring substituents is 1. The number of hydrogen-bond acceptors (Lipinski definition) is 3. The number of anilines is 1. The Morgan fingerprint density at radius 2 is 1.90 bits per heavy atom. The highest BCUT2D eigenvalue weighted by Gasteiger charge is 2.08. The zero-order valence-corrected chi connectivity index (χ0v) is 11.4. The topological polar surface area (TPSA) is 72.2 Å². The molecule has 0 atom stereocenters. The number of halogens is 2. The Hall–Kier alpha value is -2.47. The summed E-state index contributed by atoms with van der Waals surface area (Å²) in [6.45, 7) is 0. The largest absolute Gasteiger partial charge is 0.326 e. The van der Waals surface area contributed by atoms with Crippen LogP contribution in [-0.2, 0) is 11.2 Å². The fraction of sp³-hybridized carbons (Fsp3) is 0.0714. The van der Waals surface area contributed by atoms with E-state index in [0.717, 1.165) is 6.07 Å². The van der Waals surface area contributed by atoms with Crippen LogP contribution in [0.2, 0.25) is 5.02 Å². The van der Waals surface area contributed by atoms with Crippen molar-refractivity contribution in [1.82, 2.24) is 0 Å². The van der Waals surface area contributed by atoms with E-state index in [0.29, 0.717) is 11.3 Å². The average Bonchev–Trinajstić information content (AvgIpc) is 2.43. The van der Waals surface area contributed by atoms with Crippen molar-refractivity contribution in [3.05, 3.63) is 69.0 Å². The van der Waals surface area contributed by atoms with E-state index >= 15 is 0 Å². The van der Waals surface area contributed by atoms with Gasteiger partial charge in [-0.25, -0.2) is 4.39 Å². The first-order valence-electron chi connectivity index (χ1n) is 5.94. The standard InChI is InChI=1S/C14H10ClFN2O3/c15-12-8-10(3-6-13(12)16)17-14(19)7-9-1-4-11(5-2-9)18(20)21/h1-6,8H,7H2,(H,17,19). The van der Waals surface area contributed by atoms with Crippen molar-refractivity contribution >= 4 is 28.9 Å². The second-order valence-electron chi connectivity index (χ2n) is 4.28. The first kappa shape index (κ1) is 14.9. The van der Waals surface area contributed by atoms with Gasteiger partial charge in [-0.2, -0.15) is 0 Å². The van der Waals surface area contributed by atoms with Gasteiger partial charge >= 0.3 is 0 Å². The maximum absolute atomic E-state index is 13.0. The lowest BCUT2D eigenvalue weighted by molar-refractivity contribution is -0.384. The number of rotatable bonds is 4. The molecule has 0 aliphatic heterocycles. The third kappa shape index (κ3) is 4.00. The van der Waals surface area contributed by atoms with Crippen LogP contribution in [0.4, 0.5) is 15.8 Å². The number of nitro benzene ring substituents is 1. The van der Waals surface area contributed by atoms with Crippen molar-refractivity contribution in [3.63, 3.8) is 0 Å². The Morgan fingerprint density at radius 3 is 2.48 bits per heavy atom. The molecule has 2 rings (SSSR count). The molecule has 2 aromatic carbocycles. The second kappa shape index (κ2) is 6.32. The molecule has 0 heterocycles. The number of benzene rings is 2. The van der Waals surface area contributed by atoms with Crippen LogP contribution in [-0.4, -0.2) is 10.8 Å². The molecular formula is C14H10ClFN2O3. The number of carbonyl (C=O) groups excluding carboxylic acids is 1. The lowest BCUT2D eigenvalue weighted by Crippen LogP contribution is -2.14. The molecule has 0 aliphatic carbocycles. The van der Waals surface area contributed by atoms with E-state index in [9.17, 15) is 19.3 Å². The van der Waals surface area contributed by atoms with Crippen LogP contribution in [0, 0.1) is 15.9 Å². The van der Waals surface area contributed by atoms with Gasteiger partial charge in [0, 0.05) is 17.8 Å². The SMILES string of the molecule is O=C(Cc1ccc([N+](=O)[O-])cc1)Nc1ccc(F)c(Cl)c1. The maximum atomic E-state index is 13.0. The van der Waals surface area contributed by atoms with Crippen molar-refractivity contribution in [2.45, 2.75) is 6.42 Å². The van der Waals surface area contributed by atoms with Crippen LogP contribution >= 0.6 is 11.6 Å². The Labute approximate surface area is 124 Å². The van der Waals surface area contributed by atoms with Gasteiger partial charge in [-0.05, 0) is 23.8 Å². The van der Waals surface area contributed by atoms with Crippen LogP contribution in [0.15, 0.2) is 42.5 Å². The minimum Gasteiger partial charge on any atom is -0.326 e. The number of nitrogens with zero attached hydrogens (tertiary/aromatic N) is 1. The minimum absolute atomic E-state index is 0.0375. The van der Waals surface area contributed by atoms with Crippen LogP contribution in [0.3, 0.4) is 0 Å². The predicted molar refractivity (Wildman–Crippen MR) is 76.8 cm³/mol. The summed E-state index contributed by atoms with van der Waals surface area (Å²) >= 11 is 5.61. The monoisotopic (exact) mass is 308 g/mol. The first-order chi connectivity index (χ1) is 9.95. The van der Waals surface area contributed by atoms with Crippen LogP contribution < -0.4 is 5.32 Å². The van der Waals surface area contributed by atoms with E-state index < -0.39 is 10.7 Å². The van der Waals surface area contributed by atoms with E-state index in [2.05, 4.69) is 5.32 Å². The molecule has 1 amide bonds. The summed E-state index contributed by atoms with van der Waals surface area (Å²) in [6.07, 6.45) is 0.0486. The number of hydrogen-bond donors (Lipinski definition) is 1. The minimum atomic E-state index is -0.565. The molecule has 1 N–H and O–H groups in total. The lowest BCUT2D eigenvalue weighted by Gasteiger charge is -2.06. The van der Waals surface area contributed by atoms with E-state index in [1.54, 1.807) is 0 Å². The molecular weight excluding hydrogens is 299 g/mol. The molecule has 21 heavy (non-hydrogen) atoms. The number of nitro groups is 1. The third-order valence-electron chi connectivity index (χ3n) is 2.72. The molecule has 7 heteroatoms. The summed E-state index contributed by atoms with van der Waals surface area (Å²) in [5.41, 5.74) is 0.976. The summed E-state index contributed by atoms with van der Waals surface area (Å²) in [5.74, 6) is -0.892. The molecule has 0 saturated heterocycles. The molecule has 0 aliphatic rings. The van der Waals surface area contributed by atoms with E-state index in [4.69, 9.17) is 11.6 Å². The smallest absolute Gasteiger partial charge is 0.269 e. The molecule has 0 bridgehead atoms. The summed E-state index contributed by atoms with van der Waals surface area (Å²) < 4.78 is 13.0. The first-order valence-corrected chi connectivity index (χ1v) is 6.32. The summed E-state index contributed by atoms with van der Waals surface area (Å²) in [5, 5.41) is 13.0. The van der Waals surface area contributed by atoms with Gasteiger partial charge in [-0.1, -0.05) is 23.7 Å². The molecule has 5 nitrogen and oxygen atoms in total.